The van der Waals surface area contributed by atoms with E-state index in [9.17, 15) is 4.79 Å². The minimum Gasteiger partial charge on any atom is -0.492 e. The van der Waals surface area contributed by atoms with Gasteiger partial charge in [0, 0.05) is 30.9 Å². The first-order valence-electron chi connectivity index (χ1n) is 8.63. The van der Waals surface area contributed by atoms with Crippen LogP contribution >= 0.6 is 11.6 Å². The summed E-state index contributed by atoms with van der Waals surface area (Å²) in [5, 5.41) is 3.36. The number of carbonyl (C=O) groups is 1. The average Bonchev–Trinajstić information content (AvgIpc) is 2.63. The molecule has 0 atom stereocenters. The SMILES string of the molecule is CCOc1ccc(C(=O)NCc2ccc(N(CC)CC)cc2)cc1Cl. The Hall–Kier alpha value is -2.20. The van der Waals surface area contributed by atoms with Crippen LogP contribution in [0.4, 0.5) is 5.69 Å². The number of halogens is 1. The van der Waals surface area contributed by atoms with E-state index in [-0.39, 0.29) is 5.91 Å². The summed E-state index contributed by atoms with van der Waals surface area (Å²) in [6.45, 7) is 9.13. The van der Waals surface area contributed by atoms with E-state index in [1.54, 1.807) is 18.2 Å². The molecule has 0 aliphatic rings. The second-order valence-corrected chi connectivity index (χ2v) is 6.01. The van der Waals surface area contributed by atoms with E-state index in [1.165, 1.54) is 5.69 Å². The predicted octanol–water partition coefficient (Wildman–Crippen LogP) is 4.51. The van der Waals surface area contributed by atoms with Crippen LogP contribution in [0.2, 0.25) is 5.02 Å². The third kappa shape index (κ3) is 5.13. The van der Waals surface area contributed by atoms with E-state index in [0.717, 1.165) is 18.7 Å². The van der Waals surface area contributed by atoms with Crippen molar-refractivity contribution in [3.8, 4) is 5.75 Å². The zero-order chi connectivity index (χ0) is 18.2. The van der Waals surface area contributed by atoms with Crippen molar-refractivity contribution in [1.29, 1.82) is 0 Å². The number of carbonyl (C=O) groups excluding carboxylic acids is 1. The molecule has 0 fully saturated rings. The molecule has 0 saturated heterocycles. The van der Waals surface area contributed by atoms with Crippen molar-refractivity contribution in [2.24, 2.45) is 0 Å². The second kappa shape index (κ2) is 9.33. The van der Waals surface area contributed by atoms with Crippen LogP contribution in [0.1, 0.15) is 36.7 Å². The molecule has 5 heteroatoms. The summed E-state index contributed by atoms with van der Waals surface area (Å²) in [5.74, 6) is 0.436. The summed E-state index contributed by atoms with van der Waals surface area (Å²) in [6.07, 6.45) is 0. The Balaban J connectivity index is 1.96. The molecular formula is C20H25ClN2O2. The molecule has 0 aliphatic carbocycles. The lowest BCUT2D eigenvalue weighted by molar-refractivity contribution is 0.0951. The number of benzene rings is 2. The van der Waals surface area contributed by atoms with Gasteiger partial charge >= 0.3 is 0 Å². The average molecular weight is 361 g/mol. The quantitative estimate of drug-likeness (QED) is 0.752. The van der Waals surface area contributed by atoms with E-state index in [1.807, 2.05) is 19.1 Å². The first-order chi connectivity index (χ1) is 12.1. The molecule has 0 aliphatic heterocycles. The monoisotopic (exact) mass is 360 g/mol. The summed E-state index contributed by atoms with van der Waals surface area (Å²) >= 11 is 6.13. The Morgan fingerprint density at radius 1 is 1.08 bits per heavy atom. The van der Waals surface area contributed by atoms with E-state index >= 15 is 0 Å². The van der Waals surface area contributed by atoms with Gasteiger partial charge in [-0.2, -0.15) is 0 Å². The van der Waals surface area contributed by atoms with Gasteiger partial charge in [-0.1, -0.05) is 23.7 Å². The van der Waals surface area contributed by atoms with Gasteiger partial charge in [0.05, 0.1) is 11.6 Å². The Morgan fingerprint density at radius 3 is 2.32 bits per heavy atom. The molecule has 134 valence electrons. The summed E-state index contributed by atoms with van der Waals surface area (Å²) in [7, 11) is 0. The van der Waals surface area contributed by atoms with Crippen LogP contribution in [0.15, 0.2) is 42.5 Å². The summed E-state index contributed by atoms with van der Waals surface area (Å²) in [5.41, 5.74) is 2.77. The first-order valence-corrected chi connectivity index (χ1v) is 9.01. The van der Waals surface area contributed by atoms with Gasteiger partial charge in [-0.25, -0.2) is 0 Å². The van der Waals surface area contributed by atoms with Crippen molar-refractivity contribution in [3.63, 3.8) is 0 Å². The third-order valence-corrected chi connectivity index (χ3v) is 4.31. The van der Waals surface area contributed by atoms with Gasteiger partial charge in [-0.05, 0) is 56.7 Å². The topological polar surface area (TPSA) is 41.6 Å². The van der Waals surface area contributed by atoms with Crippen LogP contribution in [0.25, 0.3) is 0 Å². The molecule has 1 N–H and O–H groups in total. The maximum atomic E-state index is 12.3. The number of hydrogen-bond donors (Lipinski definition) is 1. The molecule has 0 unspecified atom stereocenters. The third-order valence-electron chi connectivity index (χ3n) is 4.01. The molecule has 2 aromatic rings. The van der Waals surface area contributed by atoms with Crippen LogP contribution in [-0.2, 0) is 6.54 Å². The number of amides is 1. The molecule has 0 aromatic heterocycles. The zero-order valence-corrected chi connectivity index (χ0v) is 15.8. The highest BCUT2D eigenvalue weighted by Gasteiger charge is 2.09. The maximum absolute atomic E-state index is 12.3. The molecule has 4 nitrogen and oxygen atoms in total. The largest absolute Gasteiger partial charge is 0.492 e. The van der Waals surface area contributed by atoms with E-state index in [2.05, 4.69) is 36.2 Å². The molecule has 0 saturated carbocycles. The number of ether oxygens (including phenoxy) is 1. The number of rotatable bonds is 8. The molecule has 0 radical (unpaired) electrons. The van der Waals surface area contributed by atoms with Gasteiger partial charge < -0.3 is 15.0 Å². The summed E-state index contributed by atoms with van der Waals surface area (Å²) in [4.78, 5) is 14.6. The van der Waals surface area contributed by atoms with Crippen LogP contribution in [-0.4, -0.2) is 25.6 Å². The molecule has 2 aromatic carbocycles. The normalized spacial score (nSPS) is 10.4. The fraction of sp³-hybridized carbons (Fsp3) is 0.350. The van der Waals surface area contributed by atoms with Gasteiger partial charge in [-0.15, -0.1) is 0 Å². The molecule has 0 bridgehead atoms. The minimum atomic E-state index is -0.155. The highest BCUT2D eigenvalue weighted by molar-refractivity contribution is 6.32. The van der Waals surface area contributed by atoms with Crippen LogP contribution in [0.5, 0.6) is 5.75 Å². The van der Waals surface area contributed by atoms with Gasteiger partial charge in [0.25, 0.3) is 5.91 Å². The lowest BCUT2D eigenvalue weighted by atomic mass is 10.1. The second-order valence-electron chi connectivity index (χ2n) is 5.60. The van der Waals surface area contributed by atoms with Gasteiger partial charge in [-0.3, -0.25) is 4.79 Å². The molecule has 0 heterocycles. The molecule has 0 spiro atoms. The number of nitrogens with zero attached hydrogens (tertiary/aromatic N) is 1. The van der Waals surface area contributed by atoms with E-state index in [4.69, 9.17) is 16.3 Å². The van der Waals surface area contributed by atoms with Crippen LogP contribution in [0, 0.1) is 0 Å². The number of anilines is 1. The molecule has 2 rings (SSSR count). The molecule has 25 heavy (non-hydrogen) atoms. The maximum Gasteiger partial charge on any atom is 0.251 e. The number of hydrogen-bond acceptors (Lipinski definition) is 3. The fourth-order valence-corrected chi connectivity index (χ4v) is 2.85. The van der Waals surface area contributed by atoms with Crippen molar-refractivity contribution in [3.05, 3.63) is 58.6 Å². The predicted molar refractivity (Wildman–Crippen MR) is 104 cm³/mol. The van der Waals surface area contributed by atoms with Crippen molar-refractivity contribution >= 4 is 23.2 Å². The van der Waals surface area contributed by atoms with Gasteiger partial charge in [0.2, 0.25) is 0 Å². The van der Waals surface area contributed by atoms with Gasteiger partial charge in [0.1, 0.15) is 5.75 Å². The molecule has 1 amide bonds. The zero-order valence-electron chi connectivity index (χ0n) is 15.0. The molecular weight excluding hydrogens is 336 g/mol. The highest BCUT2D eigenvalue weighted by atomic mass is 35.5. The van der Waals surface area contributed by atoms with Crippen molar-refractivity contribution < 1.29 is 9.53 Å². The summed E-state index contributed by atoms with van der Waals surface area (Å²) in [6, 6.07) is 13.3. The van der Waals surface area contributed by atoms with Gasteiger partial charge in [0.15, 0.2) is 0 Å². The fourth-order valence-electron chi connectivity index (χ4n) is 2.61. The van der Waals surface area contributed by atoms with Crippen LogP contribution < -0.4 is 15.0 Å². The van der Waals surface area contributed by atoms with Crippen molar-refractivity contribution in [1.82, 2.24) is 5.32 Å². The number of nitrogens with one attached hydrogen (secondary N) is 1. The summed E-state index contributed by atoms with van der Waals surface area (Å²) < 4.78 is 5.38. The Labute approximate surface area is 154 Å². The van der Waals surface area contributed by atoms with E-state index < -0.39 is 0 Å². The Bertz CT molecular complexity index is 697. The van der Waals surface area contributed by atoms with Crippen LogP contribution in [0.3, 0.4) is 0 Å². The lowest BCUT2D eigenvalue weighted by Crippen LogP contribution is -2.23. The smallest absolute Gasteiger partial charge is 0.251 e. The lowest BCUT2D eigenvalue weighted by Gasteiger charge is -2.21. The Kier molecular flexibility index (Phi) is 7.14. The van der Waals surface area contributed by atoms with Crippen molar-refractivity contribution in [2.75, 3.05) is 24.6 Å². The van der Waals surface area contributed by atoms with Crippen molar-refractivity contribution in [2.45, 2.75) is 27.3 Å². The Morgan fingerprint density at radius 2 is 1.76 bits per heavy atom. The standard InChI is InChI=1S/C20H25ClN2O2/c1-4-23(5-2)17-10-7-15(8-11-17)14-22-20(24)16-9-12-19(25-6-3)18(21)13-16/h7-13H,4-6,14H2,1-3H3,(H,22,24). The van der Waals surface area contributed by atoms with E-state index in [0.29, 0.717) is 29.5 Å². The first kappa shape index (κ1) is 19.1. The highest BCUT2D eigenvalue weighted by Crippen LogP contribution is 2.25. The minimum absolute atomic E-state index is 0.155.